The van der Waals surface area contributed by atoms with Gasteiger partial charge in [-0.25, -0.2) is 0 Å². The van der Waals surface area contributed by atoms with Crippen LogP contribution in [0.1, 0.15) is 18.4 Å². The Bertz CT molecular complexity index is 682. The maximum Gasteiger partial charge on any atom is 0.184 e. The van der Waals surface area contributed by atoms with Gasteiger partial charge in [0.15, 0.2) is 17.3 Å². The van der Waals surface area contributed by atoms with Gasteiger partial charge >= 0.3 is 0 Å². The number of hydrogen-bond donors (Lipinski definition) is 1. The summed E-state index contributed by atoms with van der Waals surface area (Å²) >= 11 is 0. The third-order valence-corrected chi connectivity index (χ3v) is 5.00. The predicted octanol–water partition coefficient (Wildman–Crippen LogP) is 1.70. The Morgan fingerprint density at radius 1 is 1.12 bits per heavy atom. The average Bonchev–Trinajstić information content (AvgIpc) is 2.86. The largest absolute Gasteiger partial charge is 0.496 e. The van der Waals surface area contributed by atoms with Crippen LogP contribution in [0.2, 0.25) is 0 Å². The van der Waals surface area contributed by atoms with Gasteiger partial charge in [-0.05, 0) is 24.1 Å². The fourth-order valence-electron chi connectivity index (χ4n) is 3.85. The molecule has 3 rings (SSSR count). The van der Waals surface area contributed by atoms with E-state index in [2.05, 4.69) is 0 Å². The molecule has 0 aromatic heterocycles. The molecule has 130 valence electrons. The Kier molecular flexibility index (Phi) is 4.27. The van der Waals surface area contributed by atoms with Gasteiger partial charge in [-0.1, -0.05) is 6.92 Å². The second-order valence-electron chi connectivity index (χ2n) is 6.17. The van der Waals surface area contributed by atoms with Crippen LogP contribution in [-0.4, -0.2) is 50.5 Å². The normalized spacial score (nSPS) is 31.2. The van der Waals surface area contributed by atoms with Crippen molar-refractivity contribution in [1.29, 1.82) is 0 Å². The van der Waals surface area contributed by atoms with Crippen LogP contribution in [-0.2, 0) is 9.53 Å². The molecule has 4 atom stereocenters. The van der Waals surface area contributed by atoms with Gasteiger partial charge in [-0.15, -0.1) is 0 Å². The summed E-state index contributed by atoms with van der Waals surface area (Å²) in [5.74, 6) is 1.28. The summed E-state index contributed by atoms with van der Waals surface area (Å²) in [5.41, 5.74) is -0.122. The first-order valence-electron chi connectivity index (χ1n) is 7.83. The SMILES string of the molecule is COc1cc(OC)c([C@@H]2[C@@H](C)[C@H]3O[C@]2(CO)C=CC3=O)cc1OC. The van der Waals surface area contributed by atoms with Gasteiger partial charge in [-0.3, -0.25) is 4.79 Å². The Labute approximate surface area is 141 Å². The Morgan fingerprint density at radius 2 is 1.75 bits per heavy atom. The number of fused-ring (bicyclic) bond motifs is 2. The minimum Gasteiger partial charge on any atom is -0.496 e. The zero-order chi connectivity index (χ0) is 17.5. The van der Waals surface area contributed by atoms with Crippen LogP contribution >= 0.6 is 0 Å². The van der Waals surface area contributed by atoms with Crippen molar-refractivity contribution in [3.05, 3.63) is 29.8 Å². The smallest absolute Gasteiger partial charge is 0.184 e. The maximum absolute atomic E-state index is 12.1. The second-order valence-corrected chi connectivity index (χ2v) is 6.17. The molecule has 1 aromatic carbocycles. The molecule has 24 heavy (non-hydrogen) atoms. The molecule has 1 N–H and O–H groups in total. The van der Waals surface area contributed by atoms with Crippen molar-refractivity contribution in [2.45, 2.75) is 24.5 Å². The molecule has 2 heterocycles. The lowest BCUT2D eigenvalue weighted by molar-refractivity contribution is -0.133. The number of methoxy groups -OCH3 is 3. The van der Waals surface area contributed by atoms with E-state index in [4.69, 9.17) is 18.9 Å². The van der Waals surface area contributed by atoms with E-state index in [9.17, 15) is 9.90 Å². The number of rotatable bonds is 5. The van der Waals surface area contributed by atoms with E-state index >= 15 is 0 Å². The molecule has 0 aliphatic carbocycles. The first-order valence-corrected chi connectivity index (χ1v) is 7.83. The molecule has 0 amide bonds. The van der Waals surface area contributed by atoms with Crippen molar-refractivity contribution in [2.75, 3.05) is 27.9 Å². The van der Waals surface area contributed by atoms with Crippen molar-refractivity contribution in [3.63, 3.8) is 0 Å². The van der Waals surface area contributed by atoms with E-state index in [1.54, 1.807) is 33.5 Å². The van der Waals surface area contributed by atoms with Crippen LogP contribution in [0.15, 0.2) is 24.3 Å². The van der Waals surface area contributed by atoms with Crippen molar-refractivity contribution in [3.8, 4) is 17.2 Å². The first-order chi connectivity index (χ1) is 11.5. The zero-order valence-electron chi connectivity index (χ0n) is 14.2. The fraction of sp³-hybridized carbons (Fsp3) is 0.500. The third-order valence-electron chi connectivity index (χ3n) is 5.00. The van der Waals surface area contributed by atoms with Gasteiger partial charge in [0.25, 0.3) is 0 Å². The molecule has 0 unspecified atom stereocenters. The molecule has 2 bridgehead atoms. The molecule has 0 saturated carbocycles. The number of carbonyl (C=O) groups is 1. The van der Waals surface area contributed by atoms with E-state index in [1.807, 2.05) is 13.0 Å². The molecular formula is C18H22O6. The minimum atomic E-state index is -0.940. The second kappa shape index (κ2) is 6.11. The van der Waals surface area contributed by atoms with E-state index in [-0.39, 0.29) is 24.2 Å². The number of ketones is 1. The number of ether oxygens (including phenoxy) is 4. The minimum absolute atomic E-state index is 0.0754. The molecule has 6 heteroatoms. The highest BCUT2D eigenvalue weighted by Gasteiger charge is 2.56. The summed E-state index contributed by atoms with van der Waals surface area (Å²) in [6.45, 7) is 1.73. The molecule has 1 fully saturated rings. The maximum atomic E-state index is 12.1. The summed E-state index contributed by atoms with van der Waals surface area (Å²) < 4.78 is 22.2. The van der Waals surface area contributed by atoms with Crippen LogP contribution < -0.4 is 14.2 Å². The van der Waals surface area contributed by atoms with Gasteiger partial charge in [0.1, 0.15) is 17.5 Å². The summed E-state index contributed by atoms with van der Waals surface area (Å²) in [6.07, 6.45) is 2.61. The summed E-state index contributed by atoms with van der Waals surface area (Å²) in [4.78, 5) is 12.1. The summed E-state index contributed by atoms with van der Waals surface area (Å²) in [5, 5.41) is 10.0. The molecule has 2 aliphatic heterocycles. The Hall–Kier alpha value is -2.05. The van der Waals surface area contributed by atoms with Crippen LogP contribution in [0.4, 0.5) is 0 Å². The molecule has 0 spiro atoms. The van der Waals surface area contributed by atoms with E-state index < -0.39 is 11.7 Å². The van der Waals surface area contributed by atoms with Gasteiger partial charge in [0.05, 0.1) is 27.9 Å². The predicted molar refractivity (Wildman–Crippen MR) is 86.8 cm³/mol. The Balaban J connectivity index is 2.17. The number of aliphatic hydroxyl groups excluding tert-OH is 1. The summed E-state index contributed by atoms with van der Waals surface area (Å²) in [6, 6.07) is 3.58. The molecular weight excluding hydrogens is 312 g/mol. The van der Waals surface area contributed by atoms with Crippen LogP contribution in [0.5, 0.6) is 17.2 Å². The van der Waals surface area contributed by atoms with Crippen LogP contribution in [0.3, 0.4) is 0 Å². The summed E-state index contributed by atoms with van der Waals surface area (Å²) in [7, 11) is 4.69. The number of aliphatic hydroxyl groups is 1. The monoisotopic (exact) mass is 334 g/mol. The van der Waals surface area contributed by atoms with Gasteiger partial charge < -0.3 is 24.1 Å². The lowest BCUT2D eigenvalue weighted by atomic mass is 9.76. The van der Waals surface area contributed by atoms with Crippen LogP contribution in [0.25, 0.3) is 0 Å². The van der Waals surface area contributed by atoms with Gasteiger partial charge in [0, 0.05) is 17.5 Å². The van der Waals surface area contributed by atoms with Gasteiger partial charge in [0.2, 0.25) is 0 Å². The highest BCUT2D eigenvalue weighted by Crippen LogP contribution is 2.53. The van der Waals surface area contributed by atoms with E-state index in [1.165, 1.54) is 6.08 Å². The van der Waals surface area contributed by atoms with Crippen LogP contribution in [0, 0.1) is 5.92 Å². The third kappa shape index (κ3) is 2.29. The lowest BCUT2D eigenvalue weighted by Crippen LogP contribution is -2.40. The van der Waals surface area contributed by atoms with Gasteiger partial charge in [-0.2, -0.15) is 0 Å². The highest BCUT2D eigenvalue weighted by molar-refractivity contribution is 5.95. The molecule has 0 radical (unpaired) electrons. The zero-order valence-corrected chi connectivity index (χ0v) is 14.2. The standard InChI is InChI=1S/C18H22O6/c1-10-16(18(9-19)6-5-12(20)17(10)24-18)11-7-14(22-3)15(23-4)8-13(11)21-2/h5-8,10,16-17,19H,9H2,1-4H3/t10-,16+,17-,18+/m1/s1. The number of hydrogen-bond acceptors (Lipinski definition) is 6. The topological polar surface area (TPSA) is 74.2 Å². The molecule has 2 aliphatic rings. The highest BCUT2D eigenvalue weighted by atomic mass is 16.5. The van der Waals surface area contributed by atoms with Crippen molar-refractivity contribution >= 4 is 5.78 Å². The Morgan fingerprint density at radius 3 is 2.33 bits per heavy atom. The van der Waals surface area contributed by atoms with Crippen molar-refractivity contribution < 1.29 is 28.8 Å². The number of benzene rings is 1. The first kappa shape index (κ1) is 16.8. The molecule has 1 saturated heterocycles. The van der Waals surface area contributed by atoms with E-state index in [0.717, 1.165) is 5.56 Å². The lowest BCUT2D eigenvalue weighted by Gasteiger charge is -2.33. The molecule has 6 nitrogen and oxygen atoms in total. The number of carbonyl (C=O) groups excluding carboxylic acids is 1. The van der Waals surface area contributed by atoms with E-state index in [0.29, 0.717) is 17.2 Å². The fourth-order valence-corrected chi connectivity index (χ4v) is 3.85. The van der Waals surface area contributed by atoms with Crippen molar-refractivity contribution in [1.82, 2.24) is 0 Å². The van der Waals surface area contributed by atoms with Crippen molar-refractivity contribution in [2.24, 2.45) is 5.92 Å². The average molecular weight is 334 g/mol. The quantitative estimate of drug-likeness (QED) is 0.883. The molecule has 1 aromatic rings.